The highest BCUT2D eigenvalue weighted by Gasteiger charge is 2.55. The van der Waals surface area contributed by atoms with Crippen LogP contribution in [-0.4, -0.2) is 22.7 Å². The van der Waals surface area contributed by atoms with Crippen molar-refractivity contribution in [2.75, 3.05) is 0 Å². The van der Waals surface area contributed by atoms with E-state index in [0.717, 1.165) is 54.0 Å². The van der Waals surface area contributed by atoms with Gasteiger partial charge < -0.3 is 14.8 Å². The molecule has 4 aliphatic rings. The summed E-state index contributed by atoms with van der Waals surface area (Å²) in [6.07, 6.45) is 4.95. The fourth-order valence-corrected chi connectivity index (χ4v) is 6.32. The van der Waals surface area contributed by atoms with Crippen LogP contribution >= 0.6 is 0 Å². The Kier molecular flexibility index (Phi) is 3.11. The summed E-state index contributed by atoms with van der Waals surface area (Å²) in [5.41, 5.74) is 1.87. The van der Waals surface area contributed by atoms with Crippen LogP contribution in [0.25, 0.3) is 21.9 Å². The third kappa shape index (κ3) is 2.36. The van der Waals surface area contributed by atoms with Gasteiger partial charge in [-0.05, 0) is 74.1 Å². The molecule has 4 aliphatic carbocycles. The smallest absolute Gasteiger partial charge is 0.251 e. The van der Waals surface area contributed by atoms with E-state index in [2.05, 4.69) is 5.32 Å². The highest BCUT2D eigenvalue weighted by atomic mass is 16.3. The molecule has 2 atom stereocenters. The van der Waals surface area contributed by atoms with Gasteiger partial charge in [0.1, 0.15) is 11.2 Å². The van der Waals surface area contributed by atoms with E-state index in [1.165, 1.54) is 0 Å². The van der Waals surface area contributed by atoms with Crippen molar-refractivity contribution in [3.8, 4) is 0 Å². The highest BCUT2D eigenvalue weighted by Crippen LogP contribution is 2.55. The maximum Gasteiger partial charge on any atom is 0.251 e. The summed E-state index contributed by atoms with van der Waals surface area (Å²) in [5, 5.41) is 16.1. The summed E-state index contributed by atoms with van der Waals surface area (Å²) < 4.78 is 5.87. The molecule has 7 rings (SSSR count). The van der Waals surface area contributed by atoms with Crippen LogP contribution in [0, 0.1) is 17.8 Å². The van der Waals surface area contributed by atoms with Crippen LogP contribution in [0.15, 0.2) is 46.9 Å². The number of aliphatic hydroxyl groups is 1. The van der Waals surface area contributed by atoms with Gasteiger partial charge >= 0.3 is 0 Å². The molecule has 4 fully saturated rings. The second-order valence-corrected chi connectivity index (χ2v) is 9.00. The third-order valence-corrected chi connectivity index (χ3v) is 7.18. The van der Waals surface area contributed by atoms with Gasteiger partial charge in [-0.3, -0.25) is 4.79 Å². The molecule has 2 aromatic carbocycles. The zero-order valence-electron chi connectivity index (χ0n) is 15.2. The molecule has 0 aliphatic heterocycles. The van der Waals surface area contributed by atoms with Crippen LogP contribution in [0.2, 0.25) is 0 Å². The molecule has 138 valence electrons. The summed E-state index contributed by atoms with van der Waals surface area (Å²) in [4.78, 5) is 13.0. The summed E-state index contributed by atoms with van der Waals surface area (Å²) in [5.74, 6) is 1.48. The summed E-state index contributed by atoms with van der Waals surface area (Å²) in [7, 11) is 0. The van der Waals surface area contributed by atoms with Crippen molar-refractivity contribution >= 4 is 27.8 Å². The number of carbonyl (C=O) groups excluding carboxylic acids is 1. The summed E-state index contributed by atoms with van der Waals surface area (Å²) in [6, 6.07) is 13.8. The Balaban J connectivity index is 1.30. The first-order valence-corrected chi connectivity index (χ1v) is 10.0. The standard InChI is InChI=1S/C23H23NO3/c25-22(24-21-15-7-13-8-16(21)12-23(26,10-13)11-15)14-5-6-20-18(9-14)17-3-1-2-4-19(17)27-20/h1-6,9,13,15-16,21,26H,7-8,10-12H2,(H,24,25). The lowest BCUT2D eigenvalue weighted by atomic mass is 9.52. The molecule has 3 aromatic rings. The summed E-state index contributed by atoms with van der Waals surface area (Å²) >= 11 is 0. The normalized spacial score (nSPS) is 34.4. The Labute approximate surface area is 157 Å². The lowest BCUT2D eigenvalue weighted by molar-refractivity contribution is -0.136. The number of benzene rings is 2. The van der Waals surface area contributed by atoms with E-state index in [0.29, 0.717) is 23.3 Å². The van der Waals surface area contributed by atoms with Crippen molar-refractivity contribution in [3.63, 3.8) is 0 Å². The molecule has 4 heteroatoms. The van der Waals surface area contributed by atoms with Crippen LogP contribution in [0.1, 0.15) is 42.5 Å². The van der Waals surface area contributed by atoms with Crippen LogP contribution in [0.4, 0.5) is 0 Å². The predicted molar refractivity (Wildman–Crippen MR) is 103 cm³/mol. The van der Waals surface area contributed by atoms with Crippen LogP contribution < -0.4 is 5.32 Å². The number of rotatable bonds is 2. The fourth-order valence-electron chi connectivity index (χ4n) is 6.32. The molecule has 4 nitrogen and oxygen atoms in total. The Morgan fingerprint density at radius 1 is 1.00 bits per heavy atom. The number of hydrogen-bond donors (Lipinski definition) is 2. The molecule has 0 radical (unpaired) electrons. The number of carbonyl (C=O) groups is 1. The van der Waals surface area contributed by atoms with Crippen molar-refractivity contribution in [1.29, 1.82) is 0 Å². The maximum absolute atomic E-state index is 13.0. The van der Waals surface area contributed by atoms with Crippen molar-refractivity contribution in [3.05, 3.63) is 48.0 Å². The van der Waals surface area contributed by atoms with Crippen molar-refractivity contribution in [2.45, 2.75) is 43.7 Å². The minimum absolute atomic E-state index is 0.00774. The largest absolute Gasteiger partial charge is 0.456 e. The van der Waals surface area contributed by atoms with Gasteiger partial charge in [0.2, 0.25) is 0 Å². The molecule has 1 amide bonds. The Bertz CT molecular complexity index is 1050. The second-order valence-electron chi connectivity index (χ2n) is 9.00. The van der Waals surface area contributed by atoms with E-state index in [-0.39, 0.29) is 11.9 Å². The van der Waals surface area contributed by atoms with E-state index in [1.54, 1.807) is 0 Å². The van der Waals surface area contributed by atoms with Crippen LogP contribution in [-0.2, 0) is 0 Å². The van der Waals surface area contributed by atoms with E-state index in [1.807, 2.05) is 42.5 Å². The first-order chi connectivity index (χ1) is 13.1. The van der Waals surface area contributed by atoms with Crippen molar-refractivity contribution < 1.29 is 14.3 Å². The van der Waals surface area contributed by atoms with Gasteiger partial charge in [-0.2, -0.15) is 0 Å². The van der Waals surface area contributed by atoms with Crippen molar-refractivity contribution in [1.82, 2.24) is 5.32 Å². The average molecular weight is 361 g/mol. The van der Waals surface area contributed by atoms with Gasteiger partial charge in [-0.25, -0.2) is 0 Å². The highest BCUT2D eigenvalue weighted by molar-refractivity contribution is 6.08. The van der Waals surface area contributed by atoms with E-state index >= 15 is 0 Å². The second kappa shape index (κ2) is 5.35. The monoisotopic (exact) mass is 361 g/mol. The minimum atomic E-state index is -0.466. The molecule has 27 heavy (non-hydrogen) atoms. The summed E-state index contributed by atoms with van der Waals surface area (Å²) in [6.45, 7) is 0. The van der Waals surface area contributed by atoms with Crippen molar-refractivity contribution in [2.24, 2.45) is 17.8 Å². The molecule has 0 saturated heterocycles. The molecule has 4 saturated carbocycles. The number of amides is 1. The fraction of sp³-hybridized carbons (Fsp3) is 0.435. The Hall–Kier alpha value is -2.33. The van der Waals surface area contributed by atoms with Gasteiger partial charge in [0.15, 0.2) is 0 Å². The topological polar surface area (TPSA) is 62.5 Å². The third-order valence-electron chi connectivity index (χ3n) is 7.18. The Morgan fingerprint density at radius 2 is 1.74 bits per heavy atom. The molecule has 2 unspecified atom stereocenters. The number of hydrogen-bond acceptors (Lipinski definition) is 3. The van der Waals surface area contributed by atoms with E-state index in [4.69, 9.17) is 4.42 Å². The van der Waals surface area contributed by atoms with E-state index < -0.39 is 5.60 Å². The molecule has 4 bridgehead atoms. The number of nitrogens with one attached hydrogen (secondary N) is 1. The van der Waals surface area contributed by atoms with Gasteiger partial charge in [0.25, 0.3) is 5.91 Å². The zero-order valence-corrected chi connectivity index (χ0v) is 15.2. The SMILES string of the molecule is O=C(NC1C2CC3CC1CC(O)(C3)C2)c1ccc2oc3ccccc3c2c1. The first-order valence-electron chi connectivity index (χ1n) is 10.0. The molecule has 1 aromatic heterocycles. The number of para-hydroxylation sites is 1. The van der Waals surface area contributed by atoms with E-state index in [9.17, 15) is 9.90 Å². The molecular formula is C23H23NO3. The van der Waals surface area contributed by atoms with Gasteiger partial charge in [-0.15, -0.1) is 0 Å². The lowest BCUT2D eigenvalue weighted by Crippen LogP contribution is -2.61. The van der Waals surface area contributed by atoms with Crippen LogP contribution in [0.3, 0.4) is 0 Å². The quantitative estimate of drug-likeness (QED) is 0.717. The first kappa shape index (κ1) is 15.7. The molecular weight excluding hydrogens is 338 g/mol. The van der Waals surface area contributed by atoms with Gasteiger partial charge in [0, 0.05) is 22.4 Å². The molecule has 1 heterocycles. The van der Waals surface area contributed by atoms with Gasteiger partial charge in [0.05, 0.1) is 5.60 Å². The zero-order chi connectivity index (χ0) is 18.2. The maximum atomic E-state index is 13.0. The molecule has 0 spiro atoms. The minimum Gasteiger partial charge on any atom is -0.456 e. The lowest BCUT2D eigenvalue weighted by Gasteiger charge is -2.58. The molecule has 2 N–H and O–H groups in total. The number of furan rings is 1. The van der Waals surface area contributed by atoms with Gasteiger partial charge in [-0.1, -0.05) is 18.2 Å². The number of fused-ring (bicyclic) bond motifs is 3. The predicted octanol–water partition coefficient (Wildman–Crippen LogP) is 4.26. The average Bonchev–Trinajstić information content (AvgIpc) is 3.01. The van der Waals surface area contributed by atoms with Crippen LogP contribution in [0.5, 0.6) is 0 Å². The Morgan fingerprint density at radius 3 is 2.52 bits per heavy atom.